The number of benzene rings is 2. The number of hydrogen-bond donors (Lipinski definition) is 3. The highest BCUT2D eigenvalue weighted by atomic mass is 35.5. The highest BCUT2D eigenvalue weighted by molar-refractivity contribution is 6.10. The van der Waals surface area contributed by atoms with Gasteiger partial charge >= 0.3 is 6.03 Å². The van der Waals surface area contributed by atoms with E-state index >= 15 is 0 Å². The molecule has 8 nitrogen and oxygen atoms in total. The number of nitrogens with one attached hydrogen (secondary N) is 2. The number of urea groups is 1. The first kappa shape index (κ1) is 22.0. The molecule has 29 heavy (non-hydrogen) atoms. The number of nitrogen functional groups attached to an aromatic ring is 1. The molecule has 0 aromatic heterocycles. The lowest BCUT2D eigenvalue weighted by molar-refractivity contribution is -0.133. The Balaban J connectivity index is 0.00000300. The third kappa shape index (κ3) is 4.27. The molecule has 1 unspecified atom stereocenters. The largest absolute Gasteiger partial charge is 0.497 e. The molecule has 2 aromatic carbocycles. The second-order valence-electron chi connectivity index (χ2n) is 6.81. The summed E-state index contributed by atoms with van der Waals surface area (Å²) in [7, 11) is 1.50. The summed E-state index contributed by atoms with van der Waals surface area (Å²) in [5, 5.41) is 5.29. The minimum absolute atomic E-state index is 0. The number of nitrogens with zero attached hydrogens (tertiary/aromatic N) is 1. The van der Waals surface area contributed by atoms with Crippen LogP contribution in [0.5, 0.6) is 5.75 Å². The van der Waals surface area contributed by atoms with Crippen LogP contribution in [0.25, 0.3) is 0 Å². The van der Waals surface area contributed by atoms with Crippen molar-refractivity contribution in [1.29, 1.82) is 0 Å². The van der Waals surface area contributed by atoms with Crippen molar-refractivity contribution in [3.05, 3.63) is 53.6 Å². The summed E-state index contributed by atoms with van der Waals surface area (Å²) in [5.41, 5.74) is 7.01. The molecule has 2 aromatic rings. The summed E-state index contributed by atoms with van der Waals surface area (Å²) in [5.74, 6) is -0.516. The fourth-order valence-corrected chi connectivity index (χ4v) is 3.03. The smallest absolute Gasteiger partial charge is 0.325 e. The van der Waals surface area contributed by atoms with Gasteiger partial charge in [0.1, 0.15) is 17.8 Å². The van der Waals surface area contributed by atoms with Gasteiger partial charge in [-0.1, -0.05) is 29.8 Å². The first-order valence-electron chi connectivity index (χ1n) is 8.69. The monoisotopic (exact) mass is 418 g/mol. The number of anilines is 2. The van der Waals surface area contributed by atoms with E-state index < -0.39 is 29.9 Å². The number of halogens is 1. The average Bonchev–Trinajstić information content (AvgIpc) is 2.88. The fourth-order valence-electron chi connectivity index (χ4n) is 3.03. The summed E-state index contributed by atoms with van der Waals surface area (Å²) in [6.07, 6.45) is 0. The van der Waals surface area contributed by atoms with E-state index in [2.05, 4.69) is 10.6 Å². The molecule has 1 fully saturated rings. The van der Waals surface area contributed by atoms with E-state index in [-0.39, 0.29) is 12.4 Å². The Hall–Kier alpha value is -3.26. The molecule has 1 atom stereocenters. The number of hydrogen-bond acceptors (Lipinski definition) is 5. The summed E-state index contributed by atoms with van der Waals surface area (Å²) in [4.78, 5) is 38.6. The average molecular weight is 419 g/mol. The maximum Gasteiger partial charge on any atom is 0.325 e. The molecule has 4 N–H and O–H groups in total. The van der Waals surface area contributed by atoms with Crippen molar-refractivity contribution in [2.24, 2.45) is 0 Å². The summed E-state index contributed by atoms with van der Waals surface area (Å²) in [6, 6.07) is 11.5. The van der Waals surface area contributed by atoms with Crippen LogP contribution in [0, 0.1) is 6.92 Å². The molecule has 1 heterocycles. The maximum absolute atomic E-state index is 12.9. The van der Waals surface area contributed by atoms with Crippen LogP contribution < -0.4 is 21.1 Å². The van der Waals surface area contributed by atoms with E-state index in [0.29, 0.717) is 22.7 Å². The van der Waals surface area contributed by atoms with Gasteiger partial charge in [-0.15, -0.1) is 12.4 Å². The molecule has 0 spiro atoms. The van der Waals surface area contributed by atoms with Gasteiger partial charge in [0.25, 0.3) is 5.91 Å². The lowest BCUT2D eigenvalue weighted by atomic mass is 9.91. The maximum atomic E-state index is 12.9. The number of aryl methyl sites for hydroxylation is 1. The second kappa shape index (κ2) is 8.40. The van der Waals surface area contributed by atoms with Gasteiger partial charge < -0.3 is 21.1 Å². The van der Waals surface area contributed by atoms with Crippen LogP contribution in [0.15, 0.2) is 42.5 Å². The zero-order valence-electron chi connectivity index (χ0n) is 16.3. The summed E-state index contributed by atoms with van der Waals surface area (Å²) < 4.78 is 5.11. The molecule has 1 aliphatic heterocycles. The number of carbonyl (C=O) groups excluding carboxylic acids is 3. The molecule has 0 aliphatic carbocycles. The molecular weight excluding hydrogens is 396 g/mol. The Morgan fingerprint density at radius 2 is 1.86 bits per heavy atom. The number of ether oxygens (including phenoxy) is 1. The minimum Gasteiger partial charge on any atom is -0.497 e. The van der Waals surface area contributed by atoms with Crippen molar-refractivity contribution < 1.29 is 19.1 Å². The van der Waals surface area contributed by atoms with Crippen LogP contribution in [0.1, 0.15) is 18.1 Å². The third-order valence-electron chi connectivity index (χ3n) is 4.74. The van der Waals surface area contributed by atoms with Crippen LogP contribution in [0.4, 0.5) is 16.2 Å². The molecule has 3 rings (SSSR count). The topological polar surface area (TPSA) is 114 Å². The van der Waals surface area contributed by atoms with Crippen molar-refractivity contribution >= 4 is 41.6 Å². The van der Waals surface area contributed by atoms with Crippen LogP contribution in [-0.4, -0.2) is 36.4 Å². The van der Waals surface area contributed by atoms with Crippen molar-refractivity contribution in [2.45, 2.75) is 19.4 Å². The number of amides is 4. The number of imide groups is 1. The van der Waals surface area contributed by atoms with Crippen molar-refractivity contribution in [3.8, 4) is 5.75 Å². The van der Waals surface area contributed by atoms with Crippen molar-refractivity contribution in [1.82, 2.24) is 10.2 Å². The van der Waals surface area contributed by atoms with Gasteiger partial charge in [0.2, 0.25) is 5.91 Å². The SMILES string of the molecule is COc1ccc(N)c(NC(=O)CN2C(=O)NC(C)(c3ccc(C)cc3)C2=O)c1.Cl. The lowest BCUT2D eigenvalue weighted by Crippen LogP contribution is -2.42. The van der Waals surface area contributed by atoms with Crippen LogP contribution in [-0.2, 0) is 15.1 Å². The summed E-state index contributed by atoms with van der Waals surface area (Å²) >= 11 is 0. The van der Waals surface area contributed by atoms with Gasteiger partial charge in [0, 0.05) is 6.07 Å². The van der Waals surface area contributed by atoms with Gasteiger partial charge in [0.05, 0.1) is 18.5 Å². The Kier molecular flexibility index (Phi) is 6.38. The summed E-state index contributed by atoms with van der Waals surface area (Å²) in [6.45, 7) is 3.13. The standard InChI is InChI=1S/C20H22N4O4.ClH/c1-12-4-6-13(7-5-12)20(2)18(26)24(19(27)23-20)11-17(25)22-16-10-14(28-3)8-9-15(16)21;/h4-10H,11,21H2,1-3H3,(H,22,25)(H,23,27);1H. The fraction of sp³-hybridized carbons (Fsp3) is 0.250. The van der Waals surface area contributed by atoms with Gasteiger partial charge in [0.15, 0.2) is 0 Å². The van der Waals surface area contributed by atoms with E-state index in [1.807, 2.05) is 19.1 Å². The number of nitrogens with two attached hydrogens (primary N) is 1. The van der Waals surface area contributed by atoms with E-state index in [1.54, 1.807) is 37.3 Å². The lowest BCUT2D eigenvalue weighted by Gasteiger charge is -2.22. The molecule has 0 bridgehead atoms. The van der Waals surface area contributed by atoms with Gasteiger partial charge in [-0.2, -0.15) is 0 Å². The Morgan fingerprint density at radius 3 is 2.48 bits per heavy atom. The number of carbonyl (C=O) groups is 3. The molecule has 1 aliphatic rings. The molecule has 9 heteroatoms. The van der Waals surface area contributed by atoms with Gasteiger partial charge in [-0.3, -0.25) is 14.5 Å². The Labute approximate surface area is 174 Å². The first-order chi connectivity index (χ1) is 13.2. The zero-order chi connectivity index (χ0) is 20.5. The van der Waals surface area contributed by atoms with Gasteiger partial charge in [-0.25, -0.2) is 4.79 Å². The minimum atomic E-state index is -1.22. The molecule has 0 saturated carbocycles. The molecular formula is C20H23ClN4O4. The highest BCUT2D eigenvalue weighted by Gasteiger charge is 2.49. The van der Waals surface area contributed by atoms with E-state index in [1.165, 1.54) is 7.11 Å². The molecule has 4 amide bonds. The third-order valence-corrected chi connectivity index (χ3v) is 4.74. The zero-order valence-corrected chi connectivity index (χ0v) is 17.1. The molecule has 154 valence electrons. The second-order valence-corrected chi connectivity index (χ2v) is 6.81. The van der Waals surface area contributed by atoms with Gasteiger partial charge in [-0.05, 0) is 31.5 Å². The van der Waals surface area contributed by atoms with Crippen LogP contribution in [0.3, 0.4) is 0 Å². The molecule has 0 radical (unpaired) electrons. The van der Waals surface area contributed by atoms with E-state index in [9.17, 15) is 14.4 Å². The Bertz CT molecular complexity index is 948. The number of rotatable bonds is 5. The van der Waals surface area contributed by atoms with Crippen LogP contribution >= 0.6 is 12.4 Å². The quantitative estimate of drug-likeness (QED) is 0.509. The normalized spacial score (nSPS) is 18.1. The van der Waals surface area contributed by atoms with E-state index in [0.717, 1.165) is 10.5 Å². The van der Waals surface area contributed by atoms with Crippen molar-refractivity contribution in [2.75, 3.05) is 24.7 Å². The number of methoxy groups -OCH3 is 1. The molecule has 1 saturated heterocycles. The highest BCUT2D eigenvalue weighted by Crippen LogP contribution is 2.29. The van der Waals surface area contributed by atoms with E-state index in [4.69, 9.17) is 10.5 Å². The van der Waals surface area contributed by atoms with Crippen LogP contribution in [0.2, 0.25) is 0 Å². The Morgan fingerprint density at radius 1 is 1.21 bits per heavy atom. The predicted molar refractivity (Wildman–Crippen MR) is 112 cm³/mol. The van der Waals surface area contributed by atoms with Crippen molar-refractivity contribution in [3.63, 3.8) is 0 Å². The predicted octanol–water partition coefficient (Wildman–Crippen LogP) is 2.41. The first-order valence-corrected chi connectivity index (χ1v) is 8.69.